The first kappa shape index (κ1) is 12.4. The van der Waals surface area contributed by atoms with E-state index in [1.165, 1.54) is 0 Å². The number of nitrogens with one attached hydrogen (secondary N) is 2. The van der Waals surface area contributed by atoms with Crippen LogP contribution >= 0.6 is 11.3 Å². The van der Waals surface area contributed by atoms with Gasteiger partial charge in [-0.05, 0) is 31.2 Å². The van der Waals surface area contributed by atoms with E-state index in [0.717, 1.165) is 29.0 Å². The summed E-state index contributed by atoms with van der Waals surface area (Å²) in [6, 6.07) is 4.02. The van der Waals surface area contributed by atoms with Crippen LogP contribution in [0.15, 0.2) is 17.5 Å². The van der Waals surface area contributed by atoms with Crippen LogP contribution < -0.4 is 5.32 Å². The predicted molar refractivity (Wildman–Crippen MR) is 74.2 cm³/mol. The van der Waals surface area contributed by atoms with Crippen molar-refractivity contribution in [2.45, 2.75) is 25.9 Å². The third-order valence-corrected chi connectivity index (χ3v) is 4.13. The van der Waals surface area contributed by atoms with Crippen molar-refractivity contribution < 1.29 is 9.53 Å². The molecule has 6 heteroatoms. The zero-order valence-corrected chi connectivity index (χ0v) is 11.4. The number of H-pyrrole nitrogens is 1. The lowest BCUT2D eigenvalue weighted by Gasteiger charge is -2.08. The molecule has 0 radical (unpaired) electrons. The summed E-state index contributed by atoms with van der Waals surface area (Å²) in [5.41, 5.74) is 1.91. The Morgan fingerprint density at radius 2 is 2.53 bits per heavy atom. The molecule has 0 aliphatic carbocycles. The largest absolute Gasteiger partial charge is 0.368 e. The quantitative estimate of drug-likeness (QED) is 0.906. The van der Waals surface area contributed by atoms with Crippen LogP contribution in [-0.2, 0) is 9.53 Å². The molecule has 100 valence electrons. The number of nitrogens with zero attached hydrogens (tertiary/aromatic N) is 1. The first-order chi connectivity index (χ1) is 9.25. The Labute approximate surface area is 115 Å². The summed E-state index contributed by atoms with van der Waals surface area (Å²) in [6.07, 6.45) is 1.40. The Hall–Kier alpha value is -1.66. The molecule has 1 amide bonds. The van der Waals surface area contributed by atoms with Crippen LogP contribution in [0.4, 0.5) is 5.82 Å². The summed E-state index contributed by atoms with van der Waals surface area (Å²) in [6.45, 7) is 2.61. The second-order valence-electron chi connectivity index (χ2n) is 4.54. The van der Waals surface area contributed by atoms with Gasteiger partial charge in [-0.25, -0.2) is 0 Å². The SMILES string of the molecule is Cc1c(NC(=O)C2CCCO2)n[nH]c1-c1cccs1. The van der Waals surface area contributed by atoms with Crippen LogP contribution in [-0.4, -0.2) is 28.8 Å². The molecule has 3 heterocycles. The van der Waals surface area contributed by atoms with E-state index in [-0.39, 0.29) is 12.0 Å². The van der Waals surface area contributed by atoms with Crippen molar-refractivity contribution in [2.24, 2.45) is 0 Å². The van der Waals surface area contributed by atoms with Gasteiger partial charge < -0.3 is 10.1 Å². The van der Waals surface area contributed by atoms with Crippen molar-refractivity contribution >= 4 is 23.1 Å². The number of hydrogen-bond donors (Lipinski definition) is 2. The molecule has 1 aliphatic rings. The number of carbonyl (C=O) groups excluding carboxylic acids is 1. The molecule has 0 spiro atoms. The molecule has 1 atom stereocenters. The van der Waals surface area contributed by atoms with Crippen molar-refractivity contribution in [1.29, 1.82) is 0 Å². The van der Waals surface area contributed by atoms with E-state index in [9.17, 15) is 4.79 Å². The summed E-state index contributed by atoms with van der Waals surface area (Å²) in [5, 5.41) is 12.0. The number of carbonyl (C=O) groups is 1. The van der Waals surface area contributed by atoms with Gasteiger partial charge in [-0.3, -0.25) is 9.89 Å². The van der Waals surface area contributed by atoms with E-state index in [0.29, 0.717) is 12.4 Å². The van der Waals surface area contributed by atoms with Gasteiger partial charge in [0.2, 0.25) is 0 Å². The van der Waals surface area contributed by atoms with Gasteiger partial charge in [-0.2, -0.15) is 5.10 Å². The number of hydrogen-bond acceptors (Lipinski definition) is 4. The van der Waals surface area contributed by atoms with Crippen LogP contribution in [0.2, 0.25) is 0 Å². The minimum atomic E-state index is -0.332. The number of amides is 1. The summed E-state index contributed by atoms with van der Waals surface area (Å²) in [5.74, 6) is 0.480. The lowest BCUT2D eigenvalue weighted by molar-refractivity contribution is -0.124. The summed E-state index contributed by atoms with van der Waals surface area (Å²) in [4.78, 5) is 13.1. The normalized spacial score (nSPS) is 18.7. The van der Waals surface area contributed by atoms with Crippen LogP contribution in [0.25, 0.3) is 10.6 Å². The molecule has 1 fully saturated rings. The molecule has 1 aliphatic heterocycles. The average molecular weight is 277 g/mol. The Bertz CT molecular complexity index is 571. The molecule has 0 bridgehead atoms. The number of aromatic amines is 1. The molecule has 5 nitrogen and oxygen atoms in total. The Balaban J connectivity index is 1.77. The standard InChI is InChI=1S/C13H15N3O2S/c1-8-11(10-5-3-7-19-10)15-16-12(8)14-13(17)9-4-2-6-18-9/h3,5,7,9H,2,4,6H2,1H3,(H2,14,15,16,17). The fraction of sp³-hybridized carbons (Fsp3) is 0.385. The van der Waals surface area contributed by atoms with E-state index >= 15 is 0 Å². The van der Waals surface area contributed by atoms with Crippen LogP contribution in [0.5, 0.6) is 0 Å². The third-order valence-electron chi connectivity index (χ3n) is 3.24. The van der Waals surface area contributed by atoms with Gasteiger partial charge in [-0.1, -0.05) is 6.07 Å². The molecule has 0 aromatic carbocycles. The first-order valence-electron chi connectivity index (χ1n) is 6.27. The van der Waals surface area contributed by atoms with Crippen molar-refractivity contribution in [3.8, 4) is 10.6 Å². The monoisotopic (exact) mass is 277 g/mol. The number of aromatic nitrogens is 2. The lowest BCUT2D eigenvalue weighted by Crippen LogP contribution is -2.27. The zero-order chi connectivity index (χ0) is 13.2. The molecular weight excluding hydrogens is 262 g/mol. The Morgan fingerprint density at radius 3 is 3.21 bits per heavy atom. The highest BCUT2D eigenvalue weighted by molar-refractivity contribution is 7.13. The second-order valence-corrected chi connectivity index (χ2v) is 5.49. The van der Waals surface area contributed by atoms with Gasteiger partial charge in [0.05, 0.1) is 10.6 Å². The number of rotatable bonds is 3. The van der Waals surface area contributed by atoms with Crippen LogP contribution in [0, 0.1) is 6.92 Å². The van der Waals surface area contributed by atoms with Gasteiger partial charge in [0.25, 0.3) is 5.91 Å². The predicted octanol–water partition coefficient (Wildman–Crippen LogP) is 2.56. The minimum absolute atomic E-state index is 0.107. The fourth-order valence-corrected chi connectivity index (χ4v) is 2.94. The zero-order valence-electron chi connectivity index (χ0n) is 10.6. The molecule has 2 N–H and O–H groups in total. The van der Waals surface area contributed by atoms with Gasteiger partial charge >= 0.3 is 0 Å². The van der Waals surface area contributed by atoms with E-state index in [1.807, 2.05) is 24.4 Å². The first-order valence-corrected chi connectivity index (χ1v) is 7.15. The van der Waals surface area contributed by atoms with E-state index in [2.05, 4.69) is 15.5 Å². The van der Waals surface area contributed by atoms with Crippen LogP contribution in [0.1, 0.15) is 18.4 Å². The molecule has 2 aromatic heterocycles. The Kier molecular flexibility index (Phi) is 3.35. The second kappa shape index (κ2) is 5.14. The highest BCUT2D eigenvalue weighted by Gasteiger charge is 2.25. The van der Waals surface area contributed by atoms with Gasteiger partial charge in [0.15, 0.2) is 5.82 Å². The maximum absolute atomic E-state index is 12.0. The molecule has 0 saturated carbocycles. The van der Waals surface area contributed by atoms with Gasteiger partial charge in [-0.15, -0.1) is 11.3 Å². The minimum Gasteiger partial charge on any atom is -0.368 e. The maximum atomic E-state index is 12.0. The average Bonchev–Trinajstić information content (AvgIpc) is 3.11. The highest BCUT2D eigenvalue weighted by Crippen LogP contribution is 2.29. The maximum Gasteiger partial charge on any atom is 0.254 e. The molecule has 3 rings (SSSR count). The van der Waals surface area contributed by atoms with Crippen molar-refractivity contribution in [3.63, 3.8) is 0 Å². The molecule has 19 heavy (non-hydrogen) atoms. The molecule has 1 saturated heterocycles. The molecular formula is C13H15N3O2S. The van der Waals surface area contributed by atoms with Crippen molar-refractivity contribution in [3.05, 3.63) is 23.1 Å². The number of ether oxygens (including phenoxy) is 1. The topological polar surface area (TPSA) is 67.0 Å². The van der Waals surface area contributed by atoms with Crippen molar-refractivity contribution in [2.75, 3.05) is 11.9 Å². The fourth-order valence-electron chi connectivity index (χ4n) is 2.16. The van der Waals surface area contributed by atoms with Gasteiger partial charge in [0.1, 0.15) is 6.10 Å². The van der Waals surface area contributed by atoms with Gasteiger partial charge in [0, 0.05) is 12.2 Å². The van der Waals surface area contributed by atoms with E-state index < -0.39 is 0 Å². The highest BCUT2D eigenvalue weighted by atomic mass is 32.1. The summed E-state index contributed by atoms with van der Waals surface area (Å²) < 4.78 is 5.36. The van der Waals surface area contributed by atoms with E-state index in [1.54, 1.807) is 11.3 Å². The van der Waals surface area contributed by atoms with Crippen LogP contribution in [0.3, 0.4) is 0 Å². The number of anilines is 1. The summed E-state index contributed by atoms with van der Waals surface area (Å²) in [7, 11) is 0. The van der Waals surface area contributed by atoms with E-state index in [4.69, 9.17) is 4.74 Å². The molecule has 2 aromatic rings. The Morgan fingerprint density at radius 1 is 1.63 bits per heavy atom. The number of thiophene rings is 1. The smallest absolute Gasteiger partial charge is 0.254 e. The lowest BCUT2D eigenvalue weighted by atomic mass is 10.2. The van der Waals surface area contributed by atoms with Crippen molar-refractivity contribution in [1.82, 2.24) is 10.2 Å². The summed E-state index contributed by atoms with van der Waals surface area (Å²) >= 11 is 1.64. The third kappa shape index (κ3) is 2.41. The molecule has 1 unspecified atom stereocenters.